The second-order valence-electron chi connectivity index (χ2n) is 6.98. The number of thioether (sulfide) groups is 1. The van der Waals surface area contributed by atoms with E-state index in [-0.39, 0.29) is 18.4 Å². The highest BCUT2D eigenvalue weighted by Gasteiger charge is 2.38. The number of carbonyl (C=O) groups excluding carboxylic acids is 3. The van der Waals surface area contributed by atoms with Gasteiger partial charge in [0.25, 0.3) is 11.8 Å². The lowest BCUT2D eigenvalue weighted by atomic mass is 10.1. The van der Waals surface area contributed by atoms with Crippen molar-refractivity contribution in [3.05, 3.63) is 64.7 Å². The lowest BCUT2D eigenvalue weighted by Gasteiger charge is -2.09. The second kappa shape index (κ2) is 9.80. The highest BCUT2D eigenvalue weighted by molar-refractivity contribution is 7.98. The molecule has 2 aromatic carbocycles. The number of carbonyl (C=O) groups is 3. The third-order valence-corrected chi connectivity index (χ3v) is 5.96. The summed E-state index contributed by atoms with van der Waals surface area (Å²) in [6.07, 6.45) is 0.860. The van der Waals surface area contributed by atoms with Gasteiger partial charge < -0.3 is 5.32 Å². The number of amides is 3. The van der Waals surface area contributed by atoms with Crippen LogP contribution < -0.4 is 16.2 Å². The first-order valence-electron chi connectivity index (χ1n) is 9.26. The van der Waals surface area contributed by atoms with Crippen molar-refractivity contribution in [1.82, 2.24) is 16.2 Å². The van der Waals surface area contributed by atoms with Crippen molar-refractivity contribution >= 4 is 41.1 Å². The summed E-state index contributed by atoms with van der Waals surface area (Å²) in [7, 11) is 0. The number of hydrogen-bond acceptors (Lipinski definition) is 4. The average Bonchev–Trinajstić information content (AvgIpc) is 3.47. The molecule has 3 N–H and O–H groups in total. The van der Waals surface area contributed by atoms with Crippen LogP contribution in [0.4, 0.5) is 0 Å². The fraction of sp³-hybridized carbons (Fsp3) is 0.286. The standard InChI is InChI=1S/C21H22ClN3O3S/c1-13-10-18(13)21(28)23-11-19(26)24-25-20(27)15-4-2-14(3-5-15)12-29-17-8-6-16(22)7-9-17/h2-9,13,18H,10-12H2,1H3,(H,23,28)(H,24,26)(H,25,27). The SMILES string of the molecule is CC1CC1C(=O)NCC(=O)NNC(=O)c1ccc(CSc2ccc(Cl)cc2)cc1. The van der Waals surface area contributed by atoms with E-state index in [4.69, 9.17) is 11.6 Å². The maximum Gasteiger partial charge on any atom is 0.269 e. The minimum absolute atomic E-state index is 0.00811. The molecule has 0 saturated heterocycles. The summed E-state index contributed by atoms with van der Waals surface area (Å²) >= 11 is 7.55. The van der Waals surface area contributed by atoms with E-state index in [0.717, 1.165) is 22.6 Å². The fourth-order valence-electron chi connectivity index (χ4n) is 2.68. The molecule has 0 bridgehead atoms. The lowest BCUT2D eigenvalue weighted by Crippen LogP contribution is -2.46. The van der Waals surface area contributed by atoms with Gasteiger partial charge in [-0.1, -0.05) is 30.7 Å². The van der Waals surface area contributed by atoms with Crippen LogP contribution in [-0.2, 0) is 15.3 Å². The summed E-state index contributed by atoms with van der Waals surface area (Å²) in [6, 6.07) is 14.8. The Balaban J connectivity index is 1.39. The first-order valence-corrected chi connectivity index (χ1v) is 10.6. The molecule has 1 saturated carbocycles. The molecule has 2 aromatic rings. The van der Waals surface area contributed by atoms with Gasteiger partial charge in [-0.3, -0.25) is 25.2 Å². The van der Waals surface area contributed by atoms with E-state index < -0.39 is 11.8 Å². The fourth-order valence-corrected chi connectivity index (χ4v) is 3.66. The smallest absolute Gasteiger partial charge is 0.269 e. The molecule has 0 heterocycles. The molecular formula is C21H22ClN3O3S. The van der Waals surface area contributed by atoms with Crippen LogP contribution >= 0.6 is 23.4 Å². The van der Waals surface area contributed by atoms with Crippen molar-refractivity contribution in [3.63, 3.8) is 0 Å². The largest absolute Gasteiger partial charge is 0.347 e. The topological polar surface area (TPSA) is 87.3 Å². The summed E-state index contributed by atoms with van der Waals surface area (Å²) in [5.74, 6) is 0.137. The third kappa shape index (κ3) is 6.51. The number of benzene rings is 2. The Labute approximate surface area is 178 Å². The molecule has 2 unspecified atom stereocenters. The molecular weight excluding hydrogens is 410 g/mol. The predicted molar refractivity (Wildman–Crippen MR) is 113 cm³/mol. The van der Waals surface area contributed by atoms with E-state index in [9.17, 15) is 14.4 Å². The number of halogens is 1. The normalized spacial score (nSPS) is 17.3. The van der Waals surface area contributed by atoms with Gasteiger partial charge in [-0.15, -0.1) is 11.8 Å². The Bertz CT molecular complexity index is 887. The predicted octanol–water partition coefficient (Wildman–Crippen LogP) is 3.17. The van der Waals surface area contributed by atoms with Crippen LogP contribution in [0, 0.1) is 11.8 Å². The molecule has 1 aliphatic rings. The van der Waals surface area contributed by atoms with Crippen LogP contribution in [0.1, 0.15) is 29.3 Å². The van der Waals surface area contributed by atoms with Crippen LogP contribution in [-0.4, -0.2) is 24.3 Å². The van der Waals surface area contributed by atoms with Crippen molar-refractivity contribution in [2.24, 2.45) is 11.8 Å². The van der Waals surface area contributed by atoms with Gasteiger partial charge in [0.15, 0.2) is 0 Å². The number of nitrogens with one attached hydrogen (secondary N) is 3. The molecule has 152 valence electrons. The summed E-state index contributed by atoms with van der Waals surface area (Å²) in [5, 5.41) is 3.27. The third-order valence-electron chi connectivity index (χ3n) is 4.62. The van der Waals surface area contributed by atoms with E-state index >= 15 is 0 Å². The van der Waals surface area contributed by atoms with E-state index in [1.807, 2.05) is 43.3 Å². The molecule has 1 fully saturated rings. The molecule has 2 atom stereocenters. The molecule has 0 radical (unpaired) electrons. The molecule has 0 aliphatic heterocycles. The Kier molecular flexibility index (Phi) is 7.17. The Hall–Kier alpha value is -2.51. The van der Waals surface area contributed by atoms with Crippen LogP contribution in [0.5, 0.6) is 0 Å². The van der Waals surface area contributed by atoms with E-state index in [2.05, 4.69) is 16.2 Å². The number of hydrogen-bond donors (Lipinski definition) is 3. The summed E-state index contributed by atoms with van der Waals surface area (Å²) in [6.45, 7) is 1.83. The van der Waals surface area contributed by atoms with Crippen LogP contribution in [0.2, 0.25) is 5.02 Å². The van der Waals surface area contributed by atoms with Gasteiger partial charge in [0.05, 0.1) is 6.54 Å². The van der Waals surface area contributed by atoms with Gasteiger partial charge in [0, 0.05) is 27.2 Å². The van der Waals surface area contributed by atoms with Crippen molar-refractivity contribution in [1.29, 1.82) is 0 Å². The lowest BCUT2D eigenvalue weighted by molar-refractivity contribution is -0.127. The van der Waals surface area contributed by atoms with Gasteiger partial charge in [0.2, 0.25) is 5.91 Å². The van der Waals surface area contributed by atoms with Crippen LogP contribution in [0.25, 0.3) is 0 Å². The molecule has 0 aromatic heterocycles. The Morgan fingerprint density at radius 3 is 2.31 bits per heavy atom. The summed E-state index contributed by atoms with van der Waals surface area (Å²) in [5.41, 5.74) is 6.16. The molecule has 0 spiro atoms. The van der Waals surface area contributed by atoms with E-state index in [1.54, 1.807) is 23.9 Å². The minimum atomic E-state index is -0.476. The van der Waals surface area contributed by atoms with Gasteiger partial charge >= 0.3 is 0 Å². The van der Waals surface area contributed by atoms with Crippen molar-refractivity contribution in [3.8, 4) is 0 Å². The highest BCUT2D eigenvalue weighted by Crippen LogP contribution is 2.37. The van der Waals surface area contributed by atoms with E-state index in [1.165, 1.54) is 0 Å². The van der Waals surface area contributed by atoms with Gasteiger partial charge in [-0.2, -0.15) is 0 Å². The first kappa shape index (κ1) is 21.2. The molecule has 8 heteroatoms. The van der Waals surface area contributed by atoms with Crippen molar-refractivity contribution in [2.75, 3.05) is 6.54 Å². The Morgan fingerprint density at radius 2 is 1.69 bits per heavy atom. The molecule has 3 amide bonds. The zero-order valence-corrected chi connectivity index (χ0v) is 17.5. The zero-order chi connectivity index (χ0) is 20.8. The molecule has 6 nitrogen and oxygen atoms in total. The quantitative estimate of drug-likeness (QED) is 0.464. The molecule has 3 rings (SSSR count). The molecule has 29 heavy (non-hydrogen) atoms. The van der Waals surface area contributed by atoms with Crippen LogP contribution in [0.3, 0.4) is 0 Å². The number of hydrazine groups is 1. The minimum Gasteiger partial charge on any atom is -0.347 e. The van der Waals surface area contributed by atoms with Gasteiger partial charge in [-0.25, -0.2) is 0 Å². The first-order chi connectivity index (χ1) is 13.9. The molecule has 1 aliphatic carbocycles. The van der Waals surface area contributed by atoms with Gasteiger partial charge in [0.1, 0.15) is 0 Å². The number of rotatable bonds is 7. The second-order valence-corrected chi connectivity index (χ2v) is 8.46. The maximum absolute atomic E-state index is 12.1. The Morgan fingerprint density at radius 1 is 1.03 bits per heavy atom. The maximum atomic E-state index is 12.1. The zero-order valence-electron chi connectivity index (χ0n) is 15.9. The average molecular weight is 432 g/mol. The summed E-state index contributed by atoms with van der Waals surface area (Å²) in [4.78, 5) is 36.7. The van der Waals surface area contributed by atoms with Gasteiger partial charge in [-0.05, 0) is 54.3 Å². The van der Waals surface area contributed by atoms with Crippen molar-refractivity contribution in [2.45, 2.75) is 24.0 Å². The monoisotopic (exact) mass is 431 g/mol. The highest BCUT2D eigenvalue weighted by atomic mass is 35.5. The van der Waals surface area contributed by atoms with E-state index in [0.29, 0.717) is 16.5 Å². The van der Waals surface area contributed by atoms with Crippen molar-refractivity contribution < 1.29 is 14.4 Å². The van der Waals surface area contributed by atoms with Crippen LogP contribution in [0.15, 0.2) is 53.4 Å². The summed E-state index contributed by atoms with van der Waals surface area (Å²) < 4.78 is 0.